The van der Waals surface area contributed by atoms with Crippen molar-refractivity contribution in [3.05, 3.63) is 51.5 Å². The number of nitrogens with one attached hydrogen (secondary N) is 1. The predicted molar refractivity (Wildman–Crippen MR) is 87.4 cm³/mol. The molecule has 0 aliphatic carbocycles. The monoisotopic (exact) mass is 297 g/mol. The van der Waals surface area contributed by atoms with Crippen molar-refractivity contribution in [1.82, 2.24) is 0 Å². The normalized spacial score (nSPS) is 11.3. The van der Waals surface area contributed by atoms with E-state index in [1.165, 1.54) is 11.1 Å². The van der Waals surface area contributed by atoms with E-state index in [1.807, 2.05) is 12.1 Å². The fourth-order valence-corrected chi connectivity index (χ4v) is 1.98. The maximum absolute atomic E-state index is 6.09. The molecule has 104 valence electrons. The van der Waals surface area contributed by atoms with Gasteiger partial charge in [-0.25, -0.2) is 0 Å². The lowest BCUT2D eigenvalue weighted by molar-refractivity contribution is 0.986. The van der Waals surface area contributed by atoms with Crippen molar-refractivity contribution < 1.29 is 0 Å². The lowest BCUT2D eigenvalue weighted by Gasteiger charge is -2.09. The minimum absolute atomic E-state index is 0.697. The summed E-state index contributed by atoms with van der Waals surface area (Å²) < 4.78 is 0. The topological polar surface area (TPSA) is 12.0 Å². The van der Waals surface area contributed by atoms with Crippen LogP contribution in [0.2, 0.25) is 10.0 Å². The minimum Gasteiger partial charge on any atom is -0.383 e. The van der Waals surface area contributed by atoms with Gasteiger partial charge in [-0.05, 0) is 51.8 Å². The van der Waals surface area contributed by atoms with Crippen LogP contribution in [0.3, 0.4) is 0 Å². The van der Waals surface area contributed by atoms with E-state index < -0.39 is 0 Å². The summed E-state index contributed by atoms with van der Waals surface area (Å²) in [6.45, 7) is 7.25. The quantitative estimate of drug-likeness (QED) is 0.626. The molecule has 0 bridgehead atoms. The Kier molecular flexibility index (Phi) is 7.04. The van der Waals surface area contributed by atoms with Crippen molar-refractivity contribution in [2.24, 2.45) is 0 Å². The molecule has 0 amide bonds. The first kappa shape index (κ1) is 16.1. The van der Waals surface area contributed by atoms with Crippen LogP contribution in [-0.4, -0.2) is 6.54 Å². The number of rotatable bonds is 6. The highest BCUT2D eigenvalue weighted by Crippen LogP contribution is 2.25. The largest absolute Gasteiger partial charge is 0.383 e. The average molecular weight is 298 g/mol. The molecule has 0 saturated heterocycles. The Balaban J connectivity index is 2.41. The Morgan fingerprint density at radius 3 is 2.58 bits per heavy atom. The summed E-state index contributed by atoms with van der Waals surface area (Å²) in [7, 11) is 0. The molecular formula is C16H21Cl2N. The zero-order valence-electron chi connectivity index (χ0n) is 11.8. The molecule has 0 fully saturated rings. The number of anilines is 1. The molecule has 3 heteroatoms. The van der Waals surface area contributed by atoms with E-state index in [0.717, 1.165) is 25.1 Å². The van der Waals surface area contributed by atoms with Crippen molar-refractivity contribution in [2.75, 3.05) is 11.9 Å². The molecule has 1 rings (SSSR count). The number of allylic oxidation sites excluding steroid dienone is 3. The van der Waals surface area contributed by atoms with Crippen molar-refractivity contribution in [3.8, 4) is 0 Å². The first-order valence-corrected chi connectivity index (χ1v) is 7.22. The van der Waals surface area contributed by atoms with Gasteiger partial charge in [-0.15, -0.1) is 0 Å². The highest BCUT2D eigenvalue weighted by Gasteiger charge is 2.00. The number of benzene rings is 1. The van der Waals surface area contributed by atoms with E-state index in [9.17, 15) is 0 Å². The zero-order chi connectivity index (χ0) is 14.3. The third-order valence-electron chi connectivity index (χ3n) is 2.76. The van der Waals surface area contributed by atoms with E-state index in [1.54, 1.807) is 6.07 Å². The lowest BCUT2D eigenvalue weighted by Crippen LogP contribution is -2.02. The summed E-state index contributed by atoms with van der Waals surface area (Å²) in [6.07, 6.45) is 6.49. The molecule has 1 aromatic carbocycles. The Morgan fingerprint density at radius 1 is 1.16 bits per heavy atom. The second kappa shape index (κ2) is 8.29. The molecule has 1 aromatic rings. The van der Waals surface area contributed by atoms with Gasteiger partial charge in [0, 0.05) is 11.6 Å². The van der Waals surface area contributed by atoms with Gasteiger partial charge in [0.25, 0.3) is 0 Å². The summed E-state index contributed by atoms with van der Waals surface area (Å²) in [4.78, 5) is 0. The smallest absolute Gasteiger partial charge is 0.0638 e. The fourth-order valence-electron chi connectivity index (χ4n) is 1.63. The van der Waals surface area contributed by atoms with Crippen LogP contribution in [0.1, 0.15) is 33.6 Å². The van der Waals surface area contributed by atoms with E-state index in [0.29, 0.717) is 10.0 Å². The lowest BCUT2D eigenvalue weighted by atomic mass is 10.1. The Morgan fingerprint density at radius 2 is 1.89 bits per heavy atom. The molecule has 0 heterocycles. The first-order valence-electron chi connectivity index (χ1n) is 6.47. The van der Waals surface area contributed by atoms with Crippen molar-refractivity contribution in [3.63, 3.8) is 0 Å². The second-order valence-electron chi connectivity index (χ2n) is 4.87. The maximum Gasteiger partial charge on any atom is 0.0638 e. The van der Waals surface area contributed by atoms with Crippen LogP contribution in [-0.2, 0) is 0 Å². The van der Waals surface area contributed by atoms with Crippen LogP contribution in [0.15, 0.2) is 41.5 Å². The van der Waals surface area contributed by atoms with E-state index in [2.05, 4.69) is 38.2 Å². The summed E-state index contributed by atoms with van der Waals surface area (Å²) >= 11 is 12.0. The van der Waals surface area contributed by atoms with Crippen LogP contribution < -0.4 is 5.32 Å². The molecule has 0 unspecified atom stereocenters. The summed E-state index contributed by atoms with van der Waals surface area (Å²) in [5.74, 6) is 0. The maximum atomic E-state index is 6.09. The summed E-state index contributed by atoms with van der Waals surface area (Å²) in [5.41, 5.74) is 3.63. The molecule has 19 heavy (non-hydrogen) atoms. The third kappa shape index (κ3) is 6.70. The summed E-state index contributed by atoms with van der Waals surface area (Å²) in [5, 5.41) is 4.71. The molecule has 1 nitrogen and oxygen atoms in total. The van der Waals surface area contributed by atoms with E-state index in [-0.39, 0.29) is 0 Å². The van der Waals surface area contributed by atoms with Gasteiger partial charge in [0.05, 0.1) is 10.7 Å². The molecule has 0 atom stereocenters. The molecule has 0 aromatic heterocycles. The predicted octanol–water partition coefficient (Wildman–Crippen LogP) is 6.10. The molecule has 0 aliphatic heterocycles. The molecule has 0 radical (unpaired) electrons. The fraction of sp³-hybridized carbons (Fsp3) is 0.375. The Bertz CT molecular complexity index is 472. The van der Waals surface area contributed by atoms with Crippen LogP contribution in [0, 0.1) is 0 Å². The van der Waals surface area contributed by atoms with Crippen LogP contribution >= 0.6 is 23.2 Å². The zero-order valence-corrected chi connectivity index (χ0v) is 13.3. The van der Waals surface area contributed by atoms with Gasteiger partial charge in [-0.3, -0.25) is 0 Å². The standard InChI is InChI=1S/C16H21Cl2N/c1-12(2)5-4-6-13(3)9-10-19-16-11-14(17)7-8-15(16)18/h5-8,11,19H,4,9-10H2,1-3H3. The first-order chi connectivity index (χ1) is 8.99. The van der Waals surface area contributed by atoms with Gasteiger partial charge in [0.1, 0.15) is 0 Å². The highest BCUT2D eigenvalue weighted by molar-refractivity contribution is 6.35. The van der Waals surface area contributed by atoms with Crippen molar-refractivity contribution in [1.29, 1.82) is 0 Å². The van der Waals surface area contributed by atoms with Gasteiger partial charge in [0.2, 0.25) is 0 Å². The van der Waals surface area contributed by atoms with Gasteiger partial charge in [-0.1, -0.05) is 46.5 Å². The minimum atomic E-state index is 0.697. The number of halogens is 2. The molecule has 0 aliphatic rings. The number of hydrogen-bond acceptors (Lipinski definition) is 1. The second-order valence-corrected chi connectivity index (χ2v) is 5.71. The van der Waals surface area contributed by atoms with Crippen molar-refractivity contribution >= 4 is 28.9 Å². The number of hydrogen-bond donors (Lipinski definition) is 1. The SMILES string of the molecule is CC(C)=CCC=C(C)CCNc1cc(Cl)ccc1Cl. The third-order valence-corrected chi connectivity index (χ3v) is 3.32. The van der Waals surface area contributed by atoms with Crippen molar-refractivity contribution in [2.45, 2.75) is 33.6 Å². The average Bonchev–Trinajstić information content (AvgIpc) is 2.33. The highest BCUT2D eigenvalue weighted by atomic mass is 35.5. The van der Waals surface area contributed by atoms with E-state index >= 15 is 0 Å². The van der Waals surface area contributed by atoms with Crippen LogP contribution in [0.4, 0.5) is 5.69 Å². The van der Waals surface area contributed by atoms with Gasteiger partial charge in [-0.2, -0.15) is 0 Å². The van der Waals surface area contributed by atoms with Crippen LogP contribution in [0.25, 0.3) is 0 Å². The van der Waals surface area contributed by atoms with Crippen LogP contribution in [0.5, 0.6) is 0 Å². The van der Waals surface area contributed by atoms with Gasteiger partial charge in [0.15, 0.2) is 0 Å². The summed E-state index contributed by atoms with van der Waals surface area (Å²) in [6, 6.07) is 5.45. The van der Waals surface area contributed by atoms with Gasteiger partial charge < -0.3 is 5.32 Å². The Labute approximate surface area is 126 Å². The molecule has 0 saturated carbocycles. The van der Waals surface area contributed by atoms with E-state index in [4.69, 9.17) is 23.2 Å². The molecular weight excluding hydrogens is 277 g/mol. The van der Waals surface area contributed by atoms with Gasteiger partial charge >= 0.3 is 0 Å². The molecule has 0 spiro atoms. The Hall–Kier alpha value is -0.920. The molecule has 1 N–H and O–H groups in total.